The van der Waals surface area contributed by atoms with Crippen LogP contribution in [0.15, 0.2) is 48.7 Å². The summed E-state index contributed by atoms with van der Waals surface area (Å²) in [5.41, 5.74) is 3.49. The molecule has 2 aliphatic rings. The van der Waals surface area contributed by atoms with Crippen molar-refractivity contribution in [3.63, 3.8) is 0 Å². The molecule has 2 aliphatic heterocycles. The number of aromatic nitrogens is 1. The van der Waals surface area contributed by atoms with Crippen LogP contribution in [0.2, 0.25) is 0 Å². The lowest BCUT2D eigenvalue weighted by atomic mass is 9.90. The van der Waals surface area contributed by atoms with Gasteiger partial charge in [0.25, 0.3) is 5.91 Å². The molecule has 0 aliphatic carbocycles. The number of halogens is 1. The number of rotatable bonds is 5. The highest BCUT2D eigenvalue weighted by Gasteiger charge is 2.35. The largest absolute Gasteiger partial charge is 0.369 e. The molecule has 0 spiro atoms. The number of fused-ring (bicyclic) bond motifs is 2. The van der Waals surface area contributed by atoms with Crippen LogP contribution in [0.5, 0.6) is 0 Å². The molecule has 0 unspecified atom stereocenters. The maximum atomic E-state index is 13.6. The van der Waals surface area contributed by atoms with Crippen LogP contribution in [0.1, 0.15) is 40.6 Å². The van der Waals surface area contributed by atoms with Crippen LogP contribution in [-0.2, 0) is 6.42 Å². The fraction of sp³-hybridized carbons (Fsp3) is 0.375. The number of nitrogens with one attached hydrogen (secondary N) is 1. The van der Waals surface area contributed by atoms with Crippen molar-refractivity contribution in [1.82, 2.24) is 14.8 Å². The smallest absolute Gasteiger partial charge is 0.256 e. The van der Waals surface area contributed by atoms with E-state index in [1.165, 1.54) is 11.6 Å². The number of aliphatic hydroxyl groups excluding tert-OH is 1. The van der Waals surface area contributed by atoms with Crippen molar-refractivity contribution >= 4 is 16.8 Å². The molecule has 1 fully saturated rings. The maximum Gasteiger partial charge on any atom is 0.256 e. The Hall–Kier alpha value is -2.70. The van der Waals surface area contributed by atoms with Crippen LogP contribution in [0.3, 0.4) is 0 Å². The van der Waals surface area contributed by atoms with E-state index in [-0.39, 0.29) is 11.7 Å². The van der Waals surface area contributed by atoms with Crippen molar-refractivity contribution in [1.29, 1.82) is 0 Å². The van der Waals surface area contributed by atoms with Gasteiger partial charge in [-0.1, -0.05) is 18.2 Å². The van der Waals surface area contributed by atoms with Crippen molar-refractivity contribution in [3.05, 3.63) is 71.2 Å². The van der Waals surface area contributed by atoms with Gasteiger partial charge in [0.15, 0.2) is 6.23 Å². The molecule has 1 atom stereocenters. The second kappa shape index (κ2) is 7.85. The molecule has 30 heavy (non-hydrogen) atoms. The van der Waals surface area contributed by atoms with Crippen molar-refractivity contribution in [2.45, 2.75) is 25.5 Å². The molecule has 5 nitrogen and oxygen atoms in total. The van der Waals surface area contributed by atoms with E-state index in [1.807, 2.05) is 24.4 Å². The first-order valence-corrected chi connectivity index (χ1v) is 10.7. The van der Waals surface area contributed by atoms with Crippen molar-refractivity contribution in [3.8, 4) is 0 Å². The van der Waals surface area contributed by atoms with E-state index < -0.39 is 6.23 Å². The Kier molecular flexibility index (Phi) is 5.05. The highest BCUT2D eigenvalue weighted by atomic mass is 19.1. The van der Waals surface area contributed by atoms with Crippen LogP contribution < -0.4 is 0 Å². The Balaban J connectivity index is 1.14. The average Bonchev–Trinajstić information content (AvgIpc) is 3.26. The van der Waals surface area contributed by atoms with Gasteiger partial charge in [-0.2, -0.15) is 0 Å². The minimum absolute atomic E-state index is 0.0837. The highest BCUT2D eigenvalue weighted by Crippen LogP contribution is 2.31. The molecule has 156 valence electrons. The Morgan fingerprint density at radius 3 is 2.70 bits per heavy atom. The number of amides is 1. The summed E-state index contributed by atoms with van der Waals surface area (Å²) < 4.78 is 13.6. The number of aromatic amines is 1. The van der Waals surface area contributed by atoms with E-state index in [0.29, 0.717) is 23.6 Å². The molecule has 1 saturated heterocycles. The zero-order valence-electron chi connectivity index (χ0n) is 16.9. The Morgan fingerprint density at radius 1 is 1.10 bits per heavy atom. The first kappa shape index (κ1) is 19.3. The van der Waals surface area contributed by atoms with Gasteiger partial charge in [-0.3, -0.25) is 4.79 Å². The van der Waals surface area contributed by atoms with E-state index in [1.54, 1.807) is 23.1 Å². The van der Waals surface area contributed by atoms with Crippen LogP contribution in [-0.4, -0.2) is 52.0 Å². The van der Waals surface area contributed by atoms with E-state index in [4.69, 9.17) is 0 Å². The molecule has 0 bridgehead atoms. The summed E-state index contributed by atoms with van der Waals surface area (Å²) in [6.07, 6.45) is 4.29. The molecule has 1 amide bonds. The van der Waals surface area contributed by atoms with Gasteiger partial charge in [-0.15, -0.1) is 0 Å². The number of hydrogen-bond donors (Lipinski definition) is 2. The summed E-state index contributed by atoms with van der Waals surface area (Å²) in [6.45, 7) is 3.25. The summed E-state index contributed by atoms with van der Waals surface area (Å²) >= 11 is 0. The topological polar surface area (TPSA) is 59.6 Å². The molecular weight excluding hydrogens is 381 g/mol. The van der Waals surface area contributed by atoms with E-state index in [0.717, 1.165) is 49.8 Å². The third kappa shape index (κ3) is 3.50. The number of piperidine rings is 1. The third-order valence-electron chi connectivity index (χ3n) is 6.63. The van der Waals surface area contributed by atoms with E-state index in [2.05, 4.69) is 9.88 Å². The molecule has 1 aromatic heterocycles. The van der Waals surface area contributed by atoms with Gasteiger partial charge in [0.05, 0.1) is 0 Å². The second-order valence-electron chi connectivity index (χ2n) is 8.45. The highest BCUT2D eigenvalue weighted by molar-refractivity contribution is 5.98. The van der Waals surface area contributed by atoms with Crippen LogP contribution in [0.25, 0.3) is 10.9 Å². The molecule has 2 N–H and O–H groups in total. The molecule has 3 aromatic rings. The predicted molar refractivity (Wildman–Crippen MR) is 114 cm³/mol. The van der Waals surface area contributed by atoms with Gasteiger partial charge in [0.1, 0.15) is 5.82 Å². The summed E-state index contributed by atoms with van der Waals surface area (Å²) in [5.74, 6) is 0.297. The number of nitrogens with zero attached hydrogens (tertiary/aromatic N) is 2. The van der Waals surface area contributed by atoms with E-state index in [9.17, 15) is 14.3 Å². The molecule has 0 saturated carbocycles. The number of carbonyl (C=O) groups excluding carboxylic acids is 1. The molecule has 3 heterocycles. The lowest BCUT2D eigenvalue weighted by Crippen LogP contribution is -2.41. The molecule has 5 rings (SSSR count). The second-order valence-corrected chi connectivity index (χ2v) is 8.45. The molecule has 6 heteroatoms. The monoisotopic (exact) mass is 407 g/mol. The van der Waals surface area contributed by atoms with Gasteiger partial charge in [0, 0.05) is 41.3 Å². The quantitative estimate of drug-likeness (QED) is 0.678. The molecular formula is C24H26FN3O2. The van der Waals surface area contributed by atoms with Gasteiger partial charge in [0.2, 0.25) is 0 Å². The van der Waals surface area contributed by atoms with Crippen molar-refractivity contribution < 1.29 is 14.3 Å². The summed E-state index contributed by atoms with van der Waals surface area (Å²) in [6, 6.07) is 12.2. The van der Waals surface area contributed by atoms with Crippen LogP contribution in [0.4, 0.5) is 4.39 Å². The van der Waals surface area contributed by atoms with Crippen LogP contribution >= 0.6 is 0 Å². The standard InChI is InChI=1S/C24H26FN3O2/c25-18-5-6-22-21(14-18)17(15-26-22)13-16-7-9-27(10-8-16)11-12-28-23(29)19-3-1-2-4-20(19)24(28)30/h1-6,14-16,23,26,29H,7-13H2/t23-/m0/s1. The molecule has 0 radical (unpaired) electrons. The zero-order chi connectivity index (χ0) is 20.7. The minimum Gasteiger partial charge on any atom is -0.369 e. The van der Waals surface area contributed by atoms with Crippen LogP contribution in [0, 0.1) is 11.7 Å². The van der Waals surface area contributed by atoms with E-state index >= 15 is 0 Å². The normalized spacial score (nSPS) is 20.3. The Bertz CT molecular complexity index is 1070. The fourth-order valence-electron chi connectivity index (χ4n) is 4.87. The summed E-state index contributed by atoms with van der Waals surface area (Å²) in [7, 11) is 0. The first-order chi connectivity index (χ1) is 14.6. The lowest BCUT2D eigenvalue weighted by molar-refractivity contribution is 0.0121. The SMILES string of the molecule is O=C1c2ccccc2[C@H](O)N1CCN1CCC(Cc2c[nH]c3ccc(F)cc23)CC1. The minimum atomic E-state index is -0.839. The number of hydrogen-bond acceptors (Lipinski definition) is 3. The fourth-order valence-corrected chi connectivity index (χ4v) is 4.87. The number of H-pyrrole nitrogens is 1. The van der Waals surface area contributed by atoms with Gasteiger partial charge in [-0.05, 0) is 68.1 Å². The lowest BCUT2D eigenvalue weighted by Gasteiger charge is -2.33. The van der Waals surface area contributed by atoms with Crippen molar-refractivity contribution in [2.24, 2.45) is 5.92 Å². The zero-order valence-corrected chi connectivity index (χ0v) is 16.9. The summed E-state index contributed by atoms with van der Waals surface area (Å²) in [4.78, 5) is 19.7. The maximum absolute atomic E-state index is 13.6. The third-order valence-corrected chi connectivity index (χ3v) is 6.63. The predicted octanol–water partition coefficient (Wildman–Crippen LogP) is 3.71. The number of carbonyl (C=O) groups is 1. The molecule has 2 aromatic carbocycles. The van der Waals surface area contributed by atoms with Gasteiger partial charge >= 0.3 is 0 Å². The first-order valence-electron chi connectivity index (χ1n) is 10.7. The summed E-state index contributed by atoms with van der Waals surface area (Å²) in [5, 5.41) is 11.5. The number of aliphatic hydroxyl groups is 1. The van der Waals surface area contributed by atoms with Gasteiger partial charge < -0.3 is 19.9 Å². The number of benzene rings is 2. The van der Waals surface area contributed by atoms with Crippen molar-refractivity contribution in [2.75, 3.05) is 26.2 Å². The van der Waals surface area contributed by atoms with Gasteiger partial charge in [-0.25, -0.2) is 4.39 Å². The average molecular weight is 407 g/mol. The number of likely N-dealkylation sites (tertiary alicyclic amines) is 1. The Morgan fingerprint density at radius 2 is 1.90 bits per heavy atom. The Labute approximate surface area is 175 Å².